The minimum absolute atomic E-state index is 0.188. The first-order valence-corrected chi connectivity index (χ1v) is 5.42. The third kappa shape index (κ3) is 1.99. The number of aryl methyl sites for hydroxylation is 2. The molecule has 1 heterocycles. The summed E-state index contributed by atoms with van der Waals surface area (Å²) < 4.78 is 39.1. The highest BCUT2D eigenvalue weighted by Crippen LogP contribution is 2.42. The van der Waals surface area contributed by atoms with Crippen molar-refractivity contribution in [1.29, 1.82) is 0 Å². The Morgan fingerprint density at radius 3 is 2.47 bits per heavy atom. The third-order valence-electron chi connectivity index (χ3n) is 3.02. The van der Waals surface area contributed by atoms with Crippen molar-refractivity contribution in [3.05, 3.63) is 33.9 Å². The van der Waals surface area contributed by atoms with Gasteiger partial charge in [-0.2, -0.15) is 13.2 Å². The van der Waals surface area contributed by atoms with Crippen molar-refractivity contribution in [2.45, 2.75) is 38.8 Å². The second-order valence-corrected chi connectivity index (χ2v) is 4.16. The molecule has 5 heteroatoms. The molecule has 1 aromatic heterocycles. The van der Waals surface area contributed by atoms with E-state index in [4.69, 9.17) is 6.57 Å². The van der Waals surface area contributed by atoms with Gasteiger partial charge < -0.3 is 0 Å². The van der Waals surface area contributed by atoms with E-state index in [0.29, 0.717) is 18.5 Å². The molecule has 0 N–H and O–H groups in total. The van der Waals surface area contributed by atoms with Gasteiger partial charge in [-0.3, -0.25) is 4.98 Å². The Labute approximate surface area is 97.3 Å². The first kappa shape index (κ1) is 11.9. The Bertz CT molecular complexity index is 498. The van der Waals surface area contributed by atoms with Gasteiger partial charge >= 0.3 is 6.18 Å². The van der Waals surface area contributed by atoms with E-state index >= 15 is 0 Å². The lowest BCUT2D eigenvalue weighted by Crippen LogP contribution is -2.17. The van der Waals surface area contributed by atoms with Gasteiger partial charge in [0.05, 0.1) is 12.1 Å². The summed E-state index contributed by atoms with van der Waals surface area (Å²) in [5.74, 6) is 0. The standard InChI is InChI=1S/C12H11F3N2/c1-7-11(16-2)10(12(13,14)15)8-5-3-4-6-9(8)17-7/h3-6H2,1H3. The molecule has 0 spiro atoms. The zero-order chi connectivity index (χ0) is 12.6. The molecular formula is C12H11F3N2. The first-order chi connectivity index (χ1) is 7.95. The largest absolute Gasteiger partial charge is 0.407 e. The Morgan fingerprint density at radius 1 is 1.24 bits per heavy atom. The van der Waals surface area contributed by atoms with Crippen molar-refractivity contribution < 1.29 is 13.2 Å². The highest BCUT2D eigenvalue weighted by molar-refractivity contribution is 5.61. The SMILES string of the molecule is [C-]#[N+]c1c(C)nc2c(c1C(F)(F)F)CCCC2. The van der Waals surface area contributed by atoms with Crippen LogP contribution in [0.2, 0.25) is 0 Å². The molecule has 0 aliphatic heterocycles. The normalized spacial score (nSPS) is 15.2. The second kappa shape index (κ2) is 4.02. The van der Waals surface area contributed by atoms with Crippen LogP contribution in [0, 0.1) is 13.5 Å². The van der Waals surface area contributed by atoms with Crippen LogP contribution >= 0.6 is 0 Å². The summed E-state index contributed by atoms with van der Waals surface area (Å²) in [5, 5.41) is 0. The van der Waals surface area contributed by atoms with Crippen LogP contribution in [0.1, 0.15) is 35.4 Å². The molecule has 1 aromatic rings. The smallest absolute Gasteiger partial charge is 0.269 e. The van der Waals surface area contributed by atoms with Crippen molar-refractivity contribution in [3.63, 3.8) is 0 Å². The lowest BCUT2D eigenvalue weighted by molar-refractivity contribution is -0.137. The van der Waals surface area contributed by atoms with Crippen LogP contribution in [-0.2, 0) is 19.0 Å². The van der Waals surface area contributed by atoms with Crippen LogP contribution < -0.4 is 0 Å². The number of nitrogens with zero attached hydrogens (tertiary/aromatic N) is 2. The van der Waals surface area contributed by atoms with Gasteiger partial charge in [0, 0.05) is 11.4 Å². The Hall–Kier alpha value is -1.57. The van der Waals surface area contributed by atoms with Gasteiger partial charge in [0.2, 0.25) is 5.69 Å². The predicted molar refractivity (Wildman–Crippen MR) is 56.9 cm³/mol. The minimum atomic E-state index is -4.46. The molecule has 17 heavy (non-hydrogen) atoms. The number of alkyl halides is 3. The molecule has 0 saturated heterocycles. The maximum absolute atomic E-state index is 13.0. The number of rotatable bonds is 0. The highest BCUT2D eigenvalue weighted by Gasteiger charge is 2.38. The molecule has 2 rings (SSSR count). The summed E-state index contributed by atoms with van der Waals surface area (Å²) >= 11 is 0. The van der Waals surface area contributed by atoms with Crippen molar-refractivity contribution in [2.24, 2.45) is 0 Å². The van der Waals surface area contributed by atoms with Gasteiger partial charge in [-0.1, -0.05) is 0 Å². The summed E-state index contributed by atoms with van der Waals surface area (Å²) in [4.78, 5) is 7.16. The van der Waals surface area contributed by atoms with Gasteiger partial charge in [-0.25, -0.2) is 4.85 Å². The van der Waals surface area contributed by atoms with E-state index in [1.54, 1.807) is 0 Å². The van der Waals surface area contributed by atoms with Crippen molar-refractivity contribution in [3.8, 4) is 0 Å². The maximum Gasteiger partial charge on any atom is 0.407 e. The molecule has 0 atom stereocenters. The van der Waals surface area contributed by atoms with E-state index in [9.17, 15) is 13.2 Å². The molecular weight excluding hydrogens is 229 g/mol. The van der Waals surface area contributed by atoms with Crippen LogP contribution in [0.5, 0.6) is 0 Å². The molecule has 0 fully saturated rings. The number of halogens is 3. The molecule has 0 bridgehead atoms. The van der Waals surface area contributed by atoms with Crippen molar-refractivity contribution in [1.82, 2.24) is 4.98 Å². The van der Waals surface area contributed by atoms with Gasteiger partial charge in [-0.05, 0) is 38.2 Å². The lowest BCUT2D eigenvalue weighted by atomic mass is 9.90. The fourth-order valence-electron chi connectivity index (χ4n) is 2.30. The summed E-state index contributed by atoms with van der Waals surface area (Å²) in [5.41, 5.74) is -0.144. The Balaban J connectivity index is 2.76. The highest BCUT2D eigenvalue weighted by atomic mass is 19.4. The molecule has 1 aliphatic carbocycles. The zero-order valence-electron chi connectivity index (χ0n) is 9.36. The third-order valence-corrected chi connectivity index (χ3v) is 3.02. The maximum atomic E-state index is 13.0. The van der Waals surface area contributed by atoms with Gasteiger partial charge in [0.15, 0.2) is 0 Å². The van der Waals surface area contributed by atoms with Crippen LogP contribution in [-0.4, -0.2) is 4.98 Å². The van der Waals surface area contributed by atoms with Crippen LogP contribution in [0.25, 0.3) is 4.85 Å². The number of hydrogen-bond acceptors (Lipinski definition) is 1. The summed E-state index contributed by atoms with van der Waals surface area (Å²) in [6, 6.07) is 0. The fourth-order valence-corrected chi connectivity index (χ4v) is 2.30. The monoisotopic (exact) mass is 240 g/mol. The number of pyridine rings is 1. The average molecular weight is 240 g/mol. The molecule has 0 amide bonds. The topological polar surface area (TPSA) is 17.2 Å². The molecule has 0 saturated carbocycles. The van der Waals surface area contributed by atoms with E-state index in [1.807, 2.05) is 0 Å². The number of fused-ring (bicyclic) bond motifs is 1. The fraction of sp³-hybridized carbons (Fsp3) is 0.500. The molecule has 2 nitrogen and oxygen atoms in total. The molecule has 0 aromatic carbocycles. The van der Waals surface area contributed by atoms with Crippen molar-refractivity contribution >= 4 is 5.69 Å². The van der Waals surface area contributed by atoms with Gasteiger partial charge in [0.25, 0.3) is 0 Å². The lowest BCUT2D eigenvalue weighted by Gasteiger charge is -2.22. The van der Waals surface area contributed by atoms with Crippen molar-refractivity contribution in [2.75, 3.05) is 0 Å². The van der Waals surface area contributed by atoms with E-state index in [2.05, 4.69) is 9.83 Å². The van der Waals surface area contributed by atoms with Crippen LogP contribution in [0.3, 0.4) is 0 Å². The summed E-state index contributed by atoms with van der Waals surface area (Å²) in [7, 11) is 0. The van der Waals surface area contributed by atoms with E-state index in [1.165, 1.54) is 6.92 Å². The molecule has 90 valence electrons. The van der Waals surface area contributed by atoms with Gasteiger partial charge in [0.1, 0.15) is 0 Å². The van der Waals surface area contributed by atoms with Crippen LogP contribution in [0.15, 0.2) is 0 Å². The molecule has 1 aliphatic rings. The minimum Gasteiger partial charge on any atom is -0.269 e. The Kier molecular flexibility index (Phi) is 2.82. The summed E-state index contributed by atoms with van der Waals surface area (Å²) in [6.07, 6.45) is -1.90. The molecule has 0 unspecified atom stereocenters. The van der Waals surface area contributed by atoms with Crippen LogP contribution in [0.4, 0.5) is 18.9 Å². The average Bonchev–Trinajstić information content (AvgIpc) is 2.25. The second-order valence-electron chi connectivity index (χ2n) is 4.16. The first-order valence-electron chi connectivity index (χ1n) is 5.42. The van der Waals surface area contributed by atoms with E-state index in [-0.39, 0.29) is 16.9 Å². The Morgan fingerprint density at radius 2 is 1.88 bits per heavy atom. The molecule has 0 radical (unpaired) electrons. The summed E-state index contributed by atoms with van der Waals surface area (Å²) in [6.45, 7) is 8.38. The predicted octanol–water partition coefficient (Wildman–Crippen LogP) is 3.84. The van der Waals surface area contributed by atoms with Gasteiger partial charge in [-0.15, -0.1) is 0 Å². The van der Waals surface area contributed by atoms with E-state index in [0.717, 1.165) is 12.8 Å². The number of aromatic nitrogens is 1. The number of hydrogen-bond donors (Lipinski definition) is 0. The van der Waals surface area contributed by atoms with E-state index < -0.39 is 11.7 Å². The zero-order valence-corrected chi connectivity index (χ0v) is 9.36. The quantitative estimate of drug-likeness (QED) is 0.630.